The third kappa shape index (κ3) is 5.51. The van der Waals surface area contributed by atoms with Gasteiger partial charge in [-0.3, -0.25) is 0 Å². The van der Waals surface area contributed by atoms with Crippen molar-refractivity contribution in [3.63, 3.8) is 0 Å². The monoisotopic (exact) mass is 400 g/mol. The molecule has 0 saturated carbocycles. The molecule has 156 valence electrons. The molecule has 3 unspecified atom stereocenters. The van der Waals surface area contributed by atoms with Gasteiger partial charge >= 0.3 is 0 Å². The van der Waals surface area contributed by atoms with Gasteiger partial charge in [-0.15, -0.1) is 0 Å². The third-order valence-electron chi connectivity index (χ3n) is 4.83. The van der Waals surface area contributed by atoms with E-state index in [0.29, 0.717) is 13.2 Å². The van der Waals surface area contributed by atoms with E-state index in [-0.39, 0.29) is 13.2 Å². The quantitative estimate of drug-likeness (QED) is 0.585. The summed E-state index contributed by atoms with van der Waals surface area (Å²) in [6.07, 6.45) is 2.32. The second-order valence-corrected chi connectivity index (χ2v) is 6.87. The zero-order valence-electron chi connectivity index (χ0n) is 16.8. The first-order chi connectivity index (χ1) is 14.1. The Morgan fingerprint density at radius 1 is 0.828 bits per heavy atom. The molecule has 6 nitrogen and oxygen atoms in total. The number of benzene rings is 2. The van der Waals surface area contributed by atoms with E-state index >= 15 is 0 Å². The number of rotatable bonds is 11. The van der Waals surface area contributed by atoms with Crippen LogP contribution in [0.15, 0.2) is 72.8 Å². The van der Waals surface area contributed by atoms with Crippen LogP contribution >= 0.6 is 0 Å². The van der Waals surface area contributed by atoms with E-state index in [4.69, 9.17) is 23.7 Å². The molecule has 0 fully saturated rings. The van der Waals surface area contributed by atoms with E-state index < -0.39 is 17.7 Å². The zero-order valence-corrected chi connectivity index (χ0v) is 16.8. The Hall–Kier alpha value is -2.06. The average molecular weight is 400 g/mol. The van der Waals surface area contributed by atoms with Crippen LogP contribution in [0.3, 0.4) is 0 Å². The standard InChI is InChI=1S/C23H28O6/c1-25-22(18-28-16-20-11-7-4-8-12-20)13-14-23(26-2,29-22)21(24)17-27-15-19-9-5-3-6-10-19/h3-14,21,24H,15-18H2,1-2H3. The molecule has 0 spiro atoms. The number of aliphatic hydroxyl groups excluding tert-OH is 1. The van der Waals surface area contributed by atoms with E-state index in [1.54, 1.807) is 12.2 Å². The van der Waals surface area contributed by atoms with Crippen LogP contribution in [-0.2, 0) is 36.9 Å². The predicted molar refractivity (Wildman–Crippen MR) is 108 cm³/mol. The highest BCUT2D eigenvalue weighted by Gasteiger charge is 2.50. The van der Waals surface area contributed by atoms with E-state index in [1.165, 1.54) is 14.2 Å². The summed E-state index contributed by atoms with van der Waals surface area (Å²) < 4.78 is 28.5. The lowest BCUT2D eigenvalue weighted by Gasteiger charge is -2.36. The number of hydrogen-bond donors (Lipinski definition) is 1. The van der Waals surface area contributed by atoms with Gasteiger partial charge in [0.25, 0.3) is 0 Å². The van der Waals surface area contributed by atoms with Crippen molar-refractivity contribution in [3.8, 4) is 0 Å². The Balaban J connectivity index is 1.54. The Kier molecular flexibility index (Phi) is 7.55. The highest BCUT2D eigenvalue weighted by molar-refractivity contribution is 5.16. The van der Waals surface area contributed by atoms with Gasteiger partial charge in [-0.25, -0.2) is 0 Å². The molecule has 1 N–H and O–H groups in total. The van der Waals surface area contributed by atoms with E-state index in [2.05, 4.69) is 0 Å². The van der Waals surface area contributed by atoms with Gasteiger partial charge in [0.1, 0.15) is 12.7 Å². The summed E-state index contributed by atoms with van der Waals surface area (Å²) >= 11 is 0. The molecule has 0 radical (unpaired) electrons. The Morgan fingerprint density at radius 3 is 1.97 bits per heavy atom. The van der Waals surface area contributed by atoms with Crippen LogP contribution in [-0.4, -0.2) is 50.2 Å². The van der Waals surface area contributed by atoms with Crippen molar-refractivity contribution < 1.29 is 28.8 Å². The van der Waals surface area contributed by atoms with Crippen LogP contribution in [0.25, 0.3) is 0 Å². The van der Waals surface area contributed by atoms with Crippen LogP contribution < -0.4 is 0 Å². The van der Waals surface area contributed by atoms with E-state index in [1.807, 2.05) is 60.7 Å². The summed E-state index contributed by atoms with van der Waals surface area (Å²) in [5.74, 6) is -2.52. The van der Waals surface area contributed by atoms with Crippen LogP contribution in [0.4, 0.5) is 0 Å². The summed E-state index contributed by atoms with van der Waals surface area (Å²) in [7, 11) is 3.00. The molecule has 0 saturated heterocycles. The summed E-state index contributed by atoms with van der Waals surface area (Å²) in [5.41, 5.74) is 2.07. The highest BCUT2D eigenvalue weighted by atomic mass is 16.8. The Morgan fingerprint density at radius 2 is 1.41 bits per heavy atom. The number of hydrogen-bond acceptors (Lipinski definition) is 6. The molecule has 0 amide bonds. The molecule has 1 aliphatic rings. The molecule has 3 atom stereocenters. The van der Waals surface area contributed by atoms with Crippen LogP contribution in [0.1, 0.15) is 11.1 Å². The second kappa shape index (κ2) is 10.1. The van der Waals surface area contributed by atoms with Crippen molar-refractivity contribution in [1.29, 1.82) is 0 Å². The van der Waals surface area contributed by atoms with Crippen molar-refractivity contribution in [3.05, 3.63) is 83.9 Å². The molecular weight excluding hydrogens is 372 g/mol. The van der Waals surface area contributed by atoms with Crippen molar-refractivity contribution in [1.82, 2.24) is 0 Å². The van der Waals surface area contributed by atoms with Gasteiger partial charge in [0.05, 0.1) is 19.8 Å². The average Bonchev–Trinajstić information content (AvgIpc) is 3.16. The Labute approximate surface area is 171 Å². The zero-order chi connectivity index (χ0) is 20.6. The summed E-state index contributed by atoms with van der Waals surface area (Å²) in [6.45, 7) is 0.998. The predicted octanol–water partition coefficient (Wildman–Crippen LogP) is 3.05. The molecular formula is C23H28O6. The van der Waals surface area contributed by atoms with Gasteiger partial charge in [-0.05, 0) is 23.3 Å². The summed E-state index contributed by atoms with van der Waals surface area (Å²) in [4.78, 5) is 0. The molecule has 2 aromatic rings. The van der Waals surface area contributed by atoms with Crippen molar-refractivity contribution >= 4 is 0 Å². The first-order valence-electron chi connectivity index (χ1n) is 9.54. The third-order valence-corrected chi connectivity index (χ3v) is 4.83. The van der Waals surface area contributed by atoms with Crippen molar-refractivity contribution in [2.45, 2.75) is 30.9 Å². The van der Waals surface area contributed by atoms with Gasteiger partial charge in [-0.1, -0.05) is 60.7 Å². The lowest BCUT2D eigenvalue weighted by Crippen LogP contribution is -2.51. The fourth-order valence-corrected chi connectivity index (χ4v) is 3.12. The molecule has 6 heteroatoms. The number of ether oxygens (including phenoxy) is 5. The van der Waals surface area contributed by atoms with Crippen molar-refractivity contribution in [2.24, 2.45) is 0 Å². The molecule has 1 aliphatic heterocycles. The molecule has 29 heavy (non-hydrogen) atoms. The molecule has 0 aromatic heterocycles. The SMILES string of the molecule is COC1(COCc2ccccc2)C=CC(OC)(C(O)COCc2ccccc2)O1. The minimum atomic E-state index is -1.37. The van der Waals surface area contributed by atoms with Crippen LogP contribution in [0, 0.1) is 0 Å². The number of methoxy groups -OCH3 is 2. The maximum absolute atomic E-state index is 10.7. The summed E-state index contributed by atoms with van der Waals surface area (Å²) in [5, 5.41) is 10.7. The van der Waals surface area contributed by atoms with Gasteiger partial charge in [0.15, 0.2) is 0 Å². The fourth-order valence-electron chi connectivity index (χ4n) is 3.12. The topological polar surface area (TPSA) is 66.4 Å². The first kappa shape index (κ1) is 21.6. The highest BCUT2D eigenvalue weighted by Crippen LogP contribution is 2.36. The molecule has 1 heterocycles. The van der Waals surface area contributed by atoms with Crippen LogP contribution in [0.5, 0.6) is 0 Å². The molecule has 2 aromatic carbocycles. The van der Waals surface area contributed by atoms with Gasteiger partial charge in [0.2, 0.25) is 11.6 Å². The first-order valence-corrected chi connectivity index (χ1v) is 9.54. The lowest BCUT2D eigenvalue weighted by atomic mass is 10.1. The van der Waals surface area contributed by atoms with E-state index in [9.17, 15) is 5.11 Å². The lowest BCUT2D eigenvalue weighted by molar-refractivity contribution is -0.334. The molecule has 0 bridgehead atoms. The van der Waals surface area contributed by atoms with Gasteiger partial charge in [-0.2, -0.15) is 0 Å². The van der Waals surface area contributed by atoms with E-state index in [0.717, 1.165) is 11.1 Å². The number of aliphatic hydroxyl groups is 1. The smallest absolute Gasteiger partial charge is 0.220 e. The minimum absolute atomic E-state index is 0.0394. The molecule has 0 aliphatic carbocycles. The maximum Gasteiger partial charge on any atom is 0.220 e. The second-order valence-electron chi connectivity index (χ2n) is 6.87. The maximum atomic E-state index is 10.7. The fraction of sp³-hybridized carbons (Fsp3) is 0.391. The minimum Gasteiger partial charge on any atom is -0.385 e. The normalized spacial score (nSPS) is 24.7. The van der Waals surface area contributed by atoms with Gasteiger partial charge in [0, 0.05) is 14.2 Å². The summed E-state index contributed by atoms with van der Waals surface area (Å²) in [6, 6.07) is 19.6. The largest absolute Gasteiger partial charge is 0.385 e. The van der Waals surface area contributed by atoms with Gasteiger partial charge < -0.3 is 28.8 Å². The van der Waals surface area contributed by atoms with Crippen LogP contribution in [0.2, 0.25) is 0 Å². The van der Waals surface area contributed by atoms with Crippen molar-refractivity contribution in [2.75, 3.05) is 27.4 Å². The molecule has 3 rings (SSSR count). The Bertz CT molecular complexity index is 765.